The first-order chi connectivity index (χ1) is 15.4. The van der Waals surface area contributed by atoms with E-state index < -0.39 is 0 Å². The minimum absolute atomic E-state index is 0.125. The third-order valence-electron chi connectivity index (χ3n) is 6.26. The topological polar surface area (TPSA) is 74.8 Å². The van der Waals surface area contributed by atoms with Gasteiger partial charge in [-0.05, 0) is 63.4 Å². The van der Waals surface area contributed by atoms with E-state index in [9.17, 15) is 9.59 Å². The maximum atomic E-state index is 13.2. The number of amides is 2. The first-order valence-electron chi connectivity index (χ1n) is 11.2. The second-order valence-electron chi connectivity index (χ2n) is 8.53. The normalized spacial score (nSPS) is 20.7. The number of pyridine rings is 1. The number of carbonyl (C=O) groups excluding carboxylic acids is 2. The van der Waals surface area contributed by atoms with Crippen LogP contribution in [0.5, 0.6) is 11.6 Å². The number of carbonyl (C=O) groups is 2. The van der Waals surface area contributed by atoms with Crippen molar-refractivity contribution >= 4 is 29.1 Å². The fraction of sp³-hybridized carbons (Fsp3) is 0.458. The van der Waals surface area contributed by atoms with E-state index in [0.29, 0.717) is 40.7 Å². The molecule has 0 aliphatic carbocycles. The number of benzene rings is 1. The van der Waals surface area contributed by atoms with Gasteiger partial charge in [-0.3, -0.25) is 19.4 Å². The first kappa shape index (κ1) is 22.6. The molecule has 1 fully saturated rings. The first-order valence-corrected chi connectivity index (χ1v) is 11.6. The van der Waals surface area contributed by atoms with E-state index in [1.807, 2.05) is 0 Å². The Morgan fingerprint density at radius 2 is 2.03 bits per heavy atom. The highest BCUT2D eigenvalue weighted by atomic mass is 35.5. The summed E-state index contributed by atoms with van der Waals surface area (Å²) in [5.41, 5.74) is 0.757. The molecule has 4 rings (SSSR count). The number of ether oxygens (including phenoxy) is 1. The van der Waals surface area contributed by atoms with Crippen LogP contribution in [-0.4, -0.2) is 53.4 Å². The summed E-state index contributed by atoms with van der Waals surface area (Å²) in [6, 6.07) is 9.47. The van der Waals surface area contributed by atoms with Gasteiger partial charge < -0.3 is 10.1 Å². The molecule has 2 atom stereocenters. The van der Waals surface area contributed by atoms with Gasteiger partial charge in [-0.15, -0.1) is 0 Å². The number of halogens is 1. The number of hydrogen-bond donors (Lipinski definition) is 1. The Morgan fingerprint density at radius 1 is 1.25 bits per heavy atom. The predicted molar refractivity (Wildman–Crippen MR) is 125 cm³/mol. The summed E-state index contributed by atoms with van der Waals surface area (Å²) < 4.78 is 5.86. The van der Waals surface area contributed by atoms with Crippen molar-refractivity contribution in [1.82, 2.24) is 15.2 Å². The van der Waals surface area contributed by atoms with Gasteiger partial charge in [0.05, 0.1) is 5.69 Å². The Hall–Kier alpha value is -2.64. The van der Waals surface area contributed by atoms with Crippen LogP contribution in [-0.2, 0) is 4.79 Å². The molecule has 0 unspecified atom stereocenters. The Kier molecular flexibility index (Phi) is 6.96. The molecule has 0 spiro atoms. The van der Waals surface area contributed by atoms with Gasteiger partial charge in [-0.2, -0.15) is 0 Å². The lowest BCUT2D eigenvalue weighted by atomic mass is 9.97. The number of likely N-dealkylation sites (tertiary alicyclic amines) is 1. The highest BCUT2D eigenvalue weighted by molar-refractivity contribution is 6.31. The molecule has 2 aliphatic rings. The molecule has 1 aromatic heterocycles. The fourth-order valence-corrected chi connectivity index (χ4v) is 4.71. The van der Waals surface area contributed by atoms with Crippen molar-refractivity contribution in [2.24, 2.45) is 0 Å². The molecule has 32 heavy (non-hydrogen) atoms. The van der Waals surface area contributed by atoms with E-state index in [1.165, 1.54) is 24.2 Å². The van der Waals surface area contributed by atoms with Crippen LogP contribution in [0, 0.1) is 0 Å². The van der Waals surface area contributed by atoms with E-state index in [-0.39, 0.29) is 24.2 Å². The van der Waals surface area contributed by atoms with Gasteiger partial charge in [0.1, 0.15) is 12.1 Å². The fourth-order valence-electron chi connectivity index (χ4n) is 4.54. The van der Waals surface area contributed by atoms with Crippen molar-refractivity contribution in [3.63, 3.8) is 0 Å². The van der Waals surface area contributed by atoms with Crippen LogP contribution in [0.15, 0.2) is 36.5 Å². The number of nitrogens with one attached hydrogen (secondary N) is 1. The molecule has 0 bridgehead atoms. The van der Waals surface area contributed by atoms with Crippen LogP contribution in [0.3, 0.4) is 0 Å². The van der Waals surface area contributed by atoms with E-state index in [1.54, 1.807) is 36.5 Å². The Morgan fingerprint density at radius 3 is 2.81 bits per heavy atom. The van der Waals surface area contributed by atoms with E-state index >= 15 is 0 Å². The molecular weight excluding hydrogens is 428 g/mol. The summed E-state index contributed by atoms with van der Waals surface area (Å²) in [4.78, 5) is 34.1. The monoisotopic (exact) mass is 456 g/mol. The molecule has 2 aromatic rings. The van der Waals surface area contributed by atoms with Crippen LogP contribution in [0.25, 0.3) is 0 Å². The average molecular weight is 457 g/mol. The molecular formula is C24H29ClN4O3. The molecule has 8 heteroatoms. The third kappa shape index (κ3) is 4.89. The molecule has 3 heterocycles. The van der Waals surface area contributed by atoms with E-state index in [2.05, 4.69) is 29.0 Å². The third-order valence-corrected chi connectivity index (χ3v) is 6.49. The predicted octanol–water partition coefficient (Wildman–Crippen LogP) is 4.26. The van der Waals surface area contributed by atoms with Crippen LogP contribution < -0.4 is 15.0 Å². The molecule has 1 N–H and O–H groups in total. The second-order valence-corrected chi connectivity index (χ2v) is 8.97. The summed E-state index contributed by atoms with van der Waals surface area (Å²) in [5, 5.41) is 3.41. The molecule has 1 aromatic carbocycles. The zero-order chi connectivity index (χ0) is 22.7. The van der Waals surface area contributed by atoms with Crippen LogP contribution >= 0.6 is 11.6 Å². The van der Waals surface area contributed by atoms with Crippen molar-refractivity contribution in [3.05, 3.63) is 47.1 Å². The van der Waals surface area contributed by atoms with Crippen molar-refractivity contribution in [1.29, 1.82) is 0 Å². The molecule has 2 amide bonds. The Balaban J connectivity index is 1.41. The van der Waals surface area contributed by atoms with E-state index in [4.69, 9.17) is 16.3 Å². The maximum absolute atomic E-state index is 13.2. The zero-order valence-electron chi connectivity index (χ0n) is 18.5. The standard InChI is InChI=1S/C24H29ClN4O3/c1-16-6-3-7-17(2)28(16)13-5-12-26-22(30)15-29-20-14-18(25)9-10-21(20)32-23-19(24(29)31)8-4-11-27-23/h4,8-11,14,16-17H,3,5-7,12-13,15H2,1-2H3,(H,26,30)/t16-,17+. The van der Waals surface area contributed by atoms with Gasteiger partial charge in [0, 0.05) is 36.4 Å². The molecule has 170 valence electrons. The number of nitrogens with zero attached hydrogens (tertiary/aromatic N) is 3. The van der Waals surface area contributed by atoms with Gasteiger partial charge >= 0.3 is 0 Å². The zero-order valence-corrected chi connectivity index (χ0v) is 19.3. The van der Waals surface area contributed by atoms with Gasteiger partial charge in [0.2, 0.25) is 11.8 Å². The lowest BCUT2D eigenvalue weighted by molar-refractivity contribution is -0.119. The maximum Gasteiger partial charge on any atom is 0.264 e. The number of anilines is 1. The lowest BCUT2D eigenvalue weighted by Gasteiger charge is -2.39. The van der Waals surface area contributed by atoms with Gasteiger partial charge in [0.25, 0.3) is 5.91 Å². The van der Waals surface area contributed by atoms with E-state index in [0.717, 1.165) is 13.0 Å². The number of fused-ring (bicyclic) bond motifs is 2. The van der Waals surface area contributed by atoms with Crippen molar-refractivity contribution < 1.29 is 14.3 Å². The number of piperidine rings is 1. The lowest BCUT2D eigenvalue weighted by Crippen LogP contribution is -2.45. The molecule has 7 nitrogen and oxygen atoms in total. The summed E-state index contributed by atoms with van der Waals surface area (Å²) in [6.07, 6.45) is 6.18. The number of aromatic nitrogens is 1. The van der Waals surface area contributed by atoms with Gasteiger partial charge in [0.15, 0.2) is 5.75 Å². The summed E-state index contributed by atoms with van der Waals surface area (Å²) in [6.45, 7) is 5.94. The minimum Gasteiger partial charge on any atom is -0.436 e. The summed E-state index contributed by atoms with van der Waals surface area (Å²) in [5.74, 6) is 0.0754. The van der Waals surface area contributed by atoms with Crippen molar-refractivity contribution in [2.45, 2.75) is 51.6 Å². The van der Waals surface area contributed by atoms with Crippen LogP contribution in [0.4, 0.5) is 5.69 Å². The second kappa shape index (κ2) is 9.88. The Labute approximate surface area is 193 Å². The van der Waals surface area contributed by atoms with Crippen molar-refractivity contribution in [3.8, 4) is 11.6 Å². The summed E-state index contributed by atoms with van der Waals surface area (Å²) in [7, 11) is 0. The number of rotatable bonds is 6. The molecule has 0 saturated carbocycles. The largest absolute Gasteiger partial charge is 0.436 e. The smallest absolute Gasteiger partial charge is 0.264 e. The minimum atomic E-state index is -0.347. The highest BCUT2D eigenvalue weighted by Gasteiger charge is 2.30. The average Bonchev–Trinajstić information content (AvgIpc) is 2.88. The van der Waals surface area contributed by atoms with Crippen LogP contribution in [0.1, 0.15) is 49.9 Å². The highest BCUT2D eigenvalue weighted by Crippen LogP contribution is 2.39. The molecule has 2 aliphatic heterocycles. The van der Waals surface area contributed by atoms with Gasteiger partial charge in [-0.25, -0.2) is 4.98 Å². The summed E-state index contributed by atoms with van der Waals surface area (Å²) >= 11 is 6.18. The molecule has 0 radical (unpaired) electrons. The quantitative estimate of drug-likeness (QED) is 0.657. The van der Waals surface area contributed by atoms with Crippen molar-refractivity contribution in [2.75, 3.05) is 24.5 Å². The van der Waals surface area contributed by atoms with Gasteiger partial charge in [-0.1, -0.05) is 18.0 Å². The Bertz CT molecular complexity index is 989. The number of hydrogen-bond acceptors (Lipinski definition) is 5. The van der Waals surface area contributed by atoms with Crippen LogP contribution in [0.2, 0.25) is 5.02 Å². The SMILES string of the molecule is C[C@@H]1CCC[C@H](C)N1CCCNC(=O)CN1C(=O)c2cccnc2Oc2ccc(Cl)cc21. The molecule has 1 saturated heterocycles.